The van der Waals surface area contributed by atoms with Crippen LogP contribution in [0.25, 0.3) is 16.9 Å². The van der Waals surface area contributed by atoms with Crippen molar-refractivity contribution in [2.75, 3.05) is 19.5 Å². The van der Waals surface area contributed by atoms with Gasteiger partial charge >= 0.3 is 0 Å². The van der Waals surface area contributed by atoms with Gasteiger partial charge in [-0.3, -0.25) is 4.98 Å². The molecule has 0 spiro atoms. The van der Waals surface area contributed by atoms with Crippen molar-refractivity contribution in [2.45, 2.75) is 5.16 Å². The summed E-state index contributed by atoms with van der Waals surface area (Å²) in [6.45, 7) is 0.669. The molecule has 0 aromatic carbocycles. The first-order valence-corrected chi connectivity index (χ1v) is 7.11. The lowest BCUT2D eigenvalue weighted by molar-refractivity contribution is 0.218. The lowest BCUT2D eigenvalue weighted by Gasteiger charge is -2.02. The minimum Gasteiger partial charge on any atom is -0.384 e. The van der Waals surface area contributed by atoms with Crippen molar-refractivity contribution >= 4 is 17.4 Å². The van der Waals surface area contributed by atoms with Gasteiger partial charge in [0.2, 0.25) is 5.16 Å². The van der Waals surface area contributed by atoms with Crippen LogP contribution in [0.5, 0.6) is 0 Å². The molecule has 7 heteroatoms. The van der Waals surface area contributed by atoms with Crippen LogP contribution in [0.3, 0.4) is 0 Å². The number of aromatic nitrogens is 5. The average molecular weight is 287 g/mol. The maximum absolute atomic E-state index is 5.04. The van der Waals surface area contributed by atoms with Crippen molar-refractivity contribution in [3.8, 4) is 11.3 Å². The second kappa shape index (κ2) is 5.98. The highest BCUT2D eigenvalue weighted by Crippen LogP contribution is 2.19. The minimum absolute atomic E-state index is 0.669. The van der Waals surface area contributed by atoms with Crippen molar-refractivity contribution < 1.29 is 4.74 Å². The molecule has 3 aromatic rings. The van der Waals surface area contributed by atoms with Gasteiger partial charge in [-0.2, -0.15) is 9.61 Å². The van der Waals surface area contributed by atoms with Crippen molar-refractivity contribution in [3.05, 3.63) is 36.7 Å². The van der Waals surface area contributed by atoms with E-state index in [0.29, 0.717) is 6.61 Å². The molecule has 0 unspecified atom stereocenters. The molecule has 0 bridgehead atoms. The van der Waals surface area contributed by atoms with E-state index in [9.17, 15) is 0 Å². The number of pyridine rings is 1. The highest BCUT2D eigenvalue weighted by molar-refractivity contribution is 7.99. The van der Waals surface area contributed by atoms with E-state index in [0.717, 1.165) is 27.8 Å². The van der Waals surface area contributed by atoms with Crippen LogP contribution in [-0.4, -0.2) is 44.3 Å². The molecular weight excluding hydrogens is 274 g/mol. The van der Waals surface area contributed by atoms with E-state index in [4.69, 9.17) is 4.74 Å². The maximum Gasteiger partial charge on any atom is 0.212 e. The van der Waals surface area contributed by atoms with Gasteiger partial charge in [0.1, 0.15) is 0 Å². The van der Waals surface area contributed by atoms with Crippen LogP contribution in [-0.2, 0) is 4.74 Å². The maximum atomic E-state index is 5.04. The molecule has 0 N–H and O–H groups in total. The lowest BCUT2D eigenvalue weighted by atomic mass is 10.2. The zero-order valence-corrected chi connectivity index (χ0v) is 11.7. The predicted octanol–water partition coefficient (Wildman–Crippen LogP) is 1.92. The number of ether oxygens (including phenoxy) is 1. The summed E-state index contributed by atoms with van der Waals surface area (Å²) in [6.07, 6.45) is 3.53. The average Bonchev–Trinajstić information content (AvgIpc) is 2.91. The number of fused-ring (bicyclic) bond motifs is 1. The second-order valence-electron chi connectivity index (χ2n) is 4.05. The SMILES string of the molecule is COCCSc1nnc2ccc(-c3cccnc3)nn12. The second-order valence-corrected chi connectivity index (χ2v) is 5.12. The number of hydrogen-bond donors (Lipinski definition) is 0. The Hall–Kier alpha value is -1.99. The zero-order valence-electron chi connectivity index (χ0n) is 10.9. The minimum atomic E-state index is 0.669. The fourth-order valence-corrected chi connectivity index (χ4v) is 2.53. The molecule has 0 aliphatic rings. The molecule has 0 fully saturated rings. The Bertz CT molecular complexity index is 700. The fourth-order valence-electron chi connectivity index (χ4n) is 1.74. The third-order valence-electron chi connectivity index (χ3n) is 2.71. The first kappa shape index (κ1) is 13.0. The molecule has 20 heavy (non-hydrogen) atoms. The summed E-state index contributed by atoms with van der Waals surface area (Å²) >= 11 is 1.57. The molecule has 0 aliphatic heterocycles. The Morgan fingerprint density at radius 3 is 3.00 bits per heavy atom. The van der Waals surface area contributed by atoms with Gasteiger partial charge in [-0.05, 0) is 24.3 Å². The molecule has 102 valence electrons. The Kier molecular flexibility index (Phi) is 3.89. The van der Waals surface area contributed by atoms with Gasteiger partial charge in [0.15, 0.2) is 5.65 Å². The van der Waals surface area contributed by atoms with Crippen molar-refractivity contribution in [3.63, 3.8) is 0 Å². The van der Waals surface area contributed by atoms with E-state index in [1.807, 2.05) is 24.3 Å². The Morgan fingerprint density at radius 1 is 1.25 bits per heavy atom. The molecule has 0 radical (unpaired) electrons. The molecule has 0 atom stereocenters. The molecule has 0 aliphatic carbocycles. The van der Waals surface area contributed by atoms with Crippen molar-refractivity contribution in [1.29, 1.82) is 0 Å². The van der Waals surface area contributed by atoms with Gasteiger partial charge in [-0.25, -0.2) is 0 Å². The molecule has 3 rings (SSSR count). The summed E-state index contributed by atoms with van der Waals surface area (Å²) in [5.41, 5.74) is 2.55. The normalized spacial score (nSPS) is 11.1. The largest absolute Gasteiger partial charge is 0.384 e. The van der Waals surface area contributed by atoms with Crippen LogP contribution in [0.4, 0.5) is 0 Å². The molecular formula is C13H13N5OS. The zero-order chi connectivity index (χ0) is 13.8. The molecule has 0 saturated carbocycles. The summed E-state index contributed by atoms with van der Waals surface area (Å²) in [4.78, 5) is 4.11. The number of hydrogen-bond acceptors (Lipinski definition) is 6. The first-order chi connectivity index (χ1) is 9.88. The quantitative estimate of drug-likeness (QED) is 0.527. The number of methoxy groups -OCH3 is 1. The van der Waals surface area contributed by atoms with E-state index in [1.54, 1.807) is 35.8 Å². The molecule has 0 amide bonds. The van der Waals surface area contributed by atoms with Gasteiger partial charge in [-0.1, -0.05) is 11.8 Å². The molecule has 6 nitrogen and oxygen atoms in total. The third-order valence-corrected chi connectivity index (χ3v) is 3.59. The van der Waals surface area contributed by atoms with Crippen LogP contribution >= 0.6 is 11.8 Å². The summed E-state index contributed by atoms with van der Waals surface area (Å²) in [7, 11) is 1.68. The van der Waals surface area contributed by atoms with Crippen LogP contribution in [0.15, 0.2) is 41.8 Å². The Balaban J connectivity index is 1.95. The number of nitrogens with zero attached hydrogens (tertiary/aromatic N) is 5. The van der Waals surface area contributed by atoms with Gasteiger partial charge in [0.05, 0.1) is 12.3 Å². The number of rotatable bonds is 5. The van der Waals surface area contributed by atoms with Crippen LogP contribution < -0.4 is 0 Å². The molecule has 3 aromatic heterocycles. The smallest absolute Gasteiger partial charge is 0.212 e. The van der Waals surface area contributed by atoms with Crippen LogP contribution in [0.1, 0.15) is 0 Å². The summed E-state index contributed by atoms with van der Waals surface area (Å²) in [5, 5.41) is 13.6. The van der Waals surface area contributed by atoms with Crippen LogP contribution in [0.2, 0.25) is 0 Å². The van der Waals surface area contributed by atoms with E-state index in [-0.39, 0.29) is 0 Å². The molecule has 0 saturated heterocycles. The highest BCUT2D eigenvalue weighted by Gasteiger charge is 2.09. The van der Waals surface area contributed by atoms with E-state index >= 15 is 0 Å². The predicted molar refractivity (Wildman–Crippen MR) is 76.6 cm³/mol. The summed E-state index contributed by atoms with van der Waals surface area (Å²) < 4.78 is 6.79. The monoisotopic (exact) mass is 287 g/mol. The van der Waals surface area contributed by atoms with Crippen LogP contribution in [0, 0.1) is 0 Å². The third kappa shape index (κ3) is 2.63. The van der Waals surface area contributed by atoms with Crippen molar-refractivity contribution in [1.82, 2.24) is 24.8 Å². The van der Waals surface area contributed by atoms with E-state index in [2.05, 4.69) is 20.3 Å². The topological polar surface area (TPSA) is 65.2 Å². The fraction of sp³-hybridized carbons (Fsp3) is 0.231. The Labute approximate surface area is 120 Å². The number of thioether (sulfide) groups is 1. The van der Waals surface area contributed by atoms with E-state index < -0.39 is 0 Å². The molecule has 3 heterocycles. The summed E-state index contributed by atoms with van der Waals surface area (Å²) in [6, 6.07) is 7.69. The van der Waals surface area contributed by atoms with E-state index in [1.165, 1.54) is 0 Å². The highest BCUT2D eigenvalue weighted by atomic mass is 32.2. The van der Waals surface area contributed by atoms with Gasteiger partial charge in [0, 0.05) is 30.8 Å². The lowest BCUT2D eigenvalue weighted by Crippen LogP contribution is -1.98. The van der Waals surface area contributed by atoms with Crippen molar-refractivity contribution in [2.24, 2.45) is 0 Å². The van der Waals surface area contributed by atoms with Gasteiger partial charge in [-0.15, -0.1) is 10.2 Å². The first-order valence-electron chi connectivity index (χ1n) is 6.13. The summed E-state index contributed by atoms with van der Waals surface area (Å²) in [5.74, 6) is 0.816. The standard InChI is InChI=1S/C13H13N5OS/c1-19-7-8-20-13-16-15-12-5-4-11(17-18(12)13)10-3-2-6-14-9-10/h2-6,9H,7-8H2,1H3. The van der Waals surface area contributed by atoms with Gasteiger partial charge < -0.3 is 4.74 Å². The van der Waals surface area contributed by atoms with Gasteiger partial charge in [0.25, 0.3) is 0 Å². The Morgan fingerprint density at radius 2 is 2.20 bits per heavy atom.